The number of allylic oxidation sites excluding steroid dienone is 4. The van der Waals surface area contributed by atoms with Crippen molar-refractivity contribution in [1.82, 2.24) is 0 Å². The second kappa shape index (κ2) is 10.6. The maximum atomic E-state index is 12.1. The summed E-state index contributed by atoms with van der Waals surface area (Å²) in [6.07, 6.45) is 12.9. The molecule has 2 saturated carbocycles. The summed E-state index contributed by atoms with van der Waals surface area (Å²) in [5.74, 6) is 5.52. The lowest BCUT2D eigenvalue weighted by molar-refractivity contribution is -0.114. The molecule has 2 fully saturated rings. The molecule has 5 unspecified atom stereocenters. The van der Waals surface area contributed by atoms with Crippen molar-refractivity contribution in [2.24, 2.45) is 17.3 Å². The van der Waals surface area contributed by atoms with Gasteiger partial charge in [-0.15, -0.1) is 12.3 Å². The molecule has 6 rings (SSSR count). The molecule has 5 atom stereocenters. The van der Waals surface area contributed by atoms with E-state index in [1.165, 1.54) is 16.7 Å². The van der Waals surface area contributed by atoms with E-state index in [0.717, 1.165) is 50.0 Å². The number of hydrogen-bond acceptors (Lipinski definition) is 4. The molecule has 5 aliphatic rings. The molecule has 35 heavy (non-hydrogen) atoms. The molecule has 0 spiro atoms. The number of carbonyl (C=O) groups excluding carboxylic acids is 1. The third kappa shape index (κ3) is 4.56. The molecule has 0 radical (unpaired) electrons. The summed E-state index contributed by atoms with van der Waals surface area (Å²) in [6, 6.07) is 6.41. The van der Waals surface area contributed by atoms with Gasteiger partial charge in [0.2, 0.25) is 0 Å². The van der Waals surface area contributed by atoms with Crippen LogP contribution in [0.15, 0.2) is 41.0 Å². The molecule has 1 N–H and O–H groups in total. The minimum absolute atomic E-state index is 0.0433. The Morgan fingerprint density at radius 1 is 1.06 bits per heavy atom. The van der Waals surface area contributed by atoms with Gasteiger partial charge in [-0.3, -0.25) is 4.79 Å². The van der Waals surface area contributed by atoms with Gasteiger partial charge < -0.3 is 14.6 Å². The first-order chi connectivity index (χ1) is 17.0. The molecule has 1 aromatic rings. The zero-order valence-corrected chi connectivity index (χ0v) is 21.7. The summed E-state index contributed by atoms with van der Waals surface area (Å²) in [4.78, 5) is 12.1. The standard InChI is InChI=1S/C26H30O4.C3H4.C2H6/c1-26-14-20(16-3-8-22-23(13-16)30-11-10-29-22)25-18-6-4-17(27)12-15(18)2-5-19(25)21(26)7-9-24(26)28;1-3-2;1-2/h3,8,12-13,19-21,24,28H,2,4-7,9-11,14H2,1H3;1H,2H3;1-2H3. The van der Waals surface area contributed by atoms with Gasteiger partial charge in [0.15, 0.2) is 17.3 Å². The van der Waals surface area contributed by atoms with Crippen LogP contribution in [0.5, 0.6) is 11.5 Å². The van der Waals surface area contributed by atoms with Gasteiger partial charge in [-0.05, 0) is 97.6 Å². The van der Waals surface area contributed by atoms with Crippen molar-refractivity contribution in [3.63, 3.8) is 0 Å². The SMILES string of the molecule is C#CC.CC.CC12CC(c3ccc4c(c3)OCCO4)C3=C4CCC(=O)C=C4CCC3C1CCC2O. The van der Waals surface area contributed by atoms with E-state index < -0.39 is 0 Å². The number of fused-ring (bicyclic) bond motifs is 5. The lowest BCUT2D eigenvalue weighted by Gasteiger charge is -2.52. The quantitative estimate of drug-likeness (QED) is 0.478. The monoisotopic (exact) mass is 476 g/mol. The van der Waals surface area contributed by atoms with Crippen LogP contribution in [0.25, 0.3) is 0 Å². The molecule has 4 nitrogen and oxygen atoms in total. The van der Waals surface area contributed by atoms with Crippen molar-refractivity contribution in [3.05, 3.63) is 46.6 Å². The van der Waals surface area contributed by atoms with Gasteiger partial charge in [-0.1, -0.05) is 32.4 Å². The Labute approximate surface area is 210 Å². The summed E-state index contributed by atoms with van der Waals surface area (Å²) in [5.41, 5.74) is 5.52. The van der Waals surface area contributed by atoms with Crippen LogP contribution >= 0.6 is 0 Å². The van der Waals surface area contributed by atoms with E-state index in [2.05, 4.69) is 31.4 Å². The maximum absolute atomic E-state index is 12.1. The predicted octanol–water partition coefficient (Wildman–Crippen LogP) is 6.38. The first kappa shape index (κ1) is 25.6. The molecule has 4 aliphatic carbocycles. The zero-order chi connectivity index (χ0) is 25.2. The number of benzene rings is 1. The maximum Gasteiger partial charge on any atom is 0.161 e. The molecule has 4 heteroatoms. The van der Waals surface area contributed by atoms with Crippen LogP contribution in [0, 0.1) is 29.6 Å². The minimum atomic E-state index is -0.223. The molecular formula is C31H40O4. The fourth-order valence-electron chi connectivity index (χ4n) is 7.21. The van der Waals surface area contributed by atoms with Crippen molar-refractivity contribution >= 4 is 5.78 Å². The zero-order valence-electron chi connectivity index (χ0n) is 21.7. The summed E-state index contributed by atoms with van der Waals surface area (Å²) in [6.45, 7) is 9.16. The molecule has 188 valence electrons. The van der Waals surface area contributed by atoms with Crippen LogP contribution in [-0.2, 0) is 4.79 Å². The van der Waals surface area contributed by atoms with Crippen molar-refractivity contribution < 1.29 is 19.4 Å². The van der Waals surface area contributed by atoms with Crippen LogP contribution < -0.4 is 9.47 Å². The highest BCUT2D eigenvalue weighted by molar-refractivity contribution is 5.93. The third-order valence-corrected chi connectivity index (χ3v) is 8.65. The fourth-order valence-corrected chi connectivity index (χ4v) is 7.21. The van der Waals surface area contributed by atoms with E-state index in [4.69, 9.17) is 9.47 Å². The number of carbonyl (C=O) groups is 1. The van der Waals surface area contributed by atoms with Crippen molar-refractivity contribution in [3.8, 4) is 23.8 Å². The highest BCUT2D eigenvalue weighted by Gasteiger charge is 2.56. The molecule has 1 aromatic carbocycles. The third-order valence-electron chi connectivity index (χ3n) is 8.65. The van der Waals surface area contributed by atoms with E-state index in [0.29, 0.717) is 31.5 Å². The van der Waals surface area contributed by atoms with Gasteiger partial charge in [-0.25, -0.2) is 0 Å². The second-order valence-electron chi connectivity index (χ2n) is 10.4. The van der Waals surface area contributed by atoms with Crippen LogP contribution in [0.1, 0.15) is 84.1 Å². The Kier molecular flexibility index (Phi) is 7.77. The molecule has 0 bridgehead atoms. The predicted molar refractivity (Wildman–Crippen MR) is 140 cm³/mol. The Morgan fingerprint density at radius 3 is 2.51 bits per heavy atom. The number of ketones is 1. The number of aliphatic hydroxyl groups is 1. The summed E-state index contributed by atoms with van der Waals surface area (Å²) in [7, 11) is 0. The van der Waals surface area contributed by atoms with E-state index >= 15 is 0 Å². The lowest BCUT2D eigenvalue weighted by Crippen LogP contribution is -2.45. The van der Waals surface area contributed by atoms with E-state index in [-0.39, 0.29) is 23.2 Å². The molecule has 0 amide bonds. The van der Waals surface area contributed by atoms with Crippen LogP contribution in [0.4, 0.5) is 0 Å². The van der Waals surface area contributed by atoms with Gasteiger partial charge in [0, 0.05) is 12.3 Å². The summed E-state index contributed by atoms with van der Waals surface area (Å²) in [5, 5.41) is 11.0. The van der Waals surface area contributed by atoms with Crippen LogP contribution in [-0.4, -0.2) is 30.2 Å². The average molecular weight is 477 g/mol. The van der Waals surface area contributed by atoms with Gasteiger partial charge in [0.25, 0.3) is 0 Å². The Balaban J connectivity index is 0.000000539. The summed E-state index contributed by atoms with van der Waals surface area (Å²) >= 11 is 0. The molecule has 1 heterocycles. The van der Waals surface area contributed by atoms with Gasteiger partial charge in [0.1, 0.15) is 13.2 Å². The average Bonchev–Trinajstić information content (AvgIpc) is 3.18. The second-order valence-corrected chi connectivity index (χ2v) is 10.4. The first-order valence-corrected chi connectivity index (χ1v) is 13.4. The van der Waals surface area contributed by atoms with Gasteiger partial charge >= 0.3 is 0 Å². The van der Waals surface area contributed by atoms with E-state index in [1.54, 1.807) is 12.5 Å². The van der Waals surface area contributed by atoms with Crippen molar-refractivity contribution in [2.45, 2.75) is 84.7 Å². The minimum Gasteiger partial charge on any atom is -0.486 e. The highest BCUT2D eigenvalue weighted by Crippen LogP contribution is 2.64. The lowest BCUT2D eigenvalue weighted by atomic mass is 9.53. The first-order valence-electron chi connectivity index (χ1n) is 13.4. The normalized spacial score (nSPS) is 32.3. The number of terminal acetylenes is 1. The summed E-state index contributed by atoms with van der Waals surface area (Å²) < 4.78 is 11.7. The number of hydrogen-bond donors (Lipinski definition) is 1. The Morgan fingerprint density at radius 2 is 1.77 bits per heavy atom. The topological polar surface area (TPSA) is 55.8 Å². The molecule has 0 aromatic heterocycles. The Hall–Kier alpha value is -2.51. The highest BCUT2D eigenvalue weighted by atomic mass is 16.6. The van der Waals surface area contributed by atoms with Crippen LogP contribution in [0.3, 0.4) is 0 Å². The number of ether oxygens (including phenoxy) is 2. The molecule has 0 saturated heterocycles. The van der Waals surface area contributed by atoms with Crippen molar-refractivity contribution in [1.29, 1.82) is 0 Å². The fraction of sp³-hybridized carbons (Fsp3) is 0.581. The van der Waals surface area contributed by atoms with Gasteiger partial charge in [-0.2, -0.15) is 0 Å². The molecular weight excluding hydrogens is 436 g/mol. The van der Waals surface area contributed by atoms with E-state index in [1.807, 2.05) is 26.0 Å². The van der Waals surface area contributed by atoms with Crippen LogP contribution in [0.2, 0.25) is 0 Å². The van der Waals surface area contributed by atoms with Crippen molar-refractivity contribution in [2.75, 3.05) is 13.2 Å². The Bertz CT molecular complexity index is 1060. The number of aliphatic hydroxyl groups excluding tert-OH is 1. The van der Waals surface area contributed by atoms with E-state index in [9.17, 15) is 9.90 Å². The number of rotatable bonds is 1. The van der Waals surface area contributed by atoms with Gasteiger partial charge in [0.05, 0.1) is 6.10 Å². The molecule has 1 aliphatic heterocycles. The smallest absolute Gasteiger partial charge is 0.161 e. The largest absolute Gasteiger partial charge is 0.486 e.